The molecule has 0 spiro atoms. The number of fused-ring (bicyclic) bond motifs is 1. The van der Waals surface area contributed by atoms with Crippen LogP contribution in [-0.2, 0) is 0 Å². The zero-order valence-electron chi connectivity index (χ0n) is 9.20. The van der Waals surface area contributed by atoms with Crippen LogP contribution in [0.2, 0.25) is 0 Å². The number of benzene rings is 1. The molecule has 18 heavy (non-hydrogen) atoms. The number of nitroso groups, excluding NO2 is 1. The summed E-state index contributed by atoms with van der Waals surface area (Å²) in [6.07, 6.45) is 1.50. The van der Waals surface area contributed by atoms with E-state index in [1.54, 1.807) is 36.4 Å². The lowest BCUT2D eigenvalue weighted by Crippen LogP contribution is -1.76. The average Bonchev–Trinajstić information content (AvgIpc) is 2.81. The van der Waals surface area contributed by atoms with Crippen LogP contribution in [0.3, 0.4) is 0 Å². The maximum atomic E-state index is 10.4. The highest BCUT2D eigenvalue weighted by Crippen LogP contribution is 2.30. The van der Waals surface area contributed by atoms with E-state index in [1.165, 1.54) is 6.20 Å². The molecule has 0 atom stereocenters. The monoisotopic (exact) mass is 240 g/mol. The number of nitrogens with zero attached hydrogens (tertiary/aromatic N) is 2. The average molecular weight is 240 g/mol. The first-order chi connectivity index (χ1) is 8.76. The number of aromatic nitrogens is 1. The van der Waals surface area contributed by atoms with Crippen molar-refractivity contribution in [2.24, 2.45) is 5.18 Å². The Morgan fingerprint density at radius 2 is 2.06 bits per heavy atom. The van der Waals surface area contributed by atoms with Gasteiger partial charge < -0.3 is 9.52 Å². The van der Waals surface area contributed by atoms with Crippen molar-refractivity contribution in [2.45, 2.75) is 0 Å². The Morgan fingerprint density at radius 3 is 2.89 bits per heavy atom. The minimum absolute atomic E-state index is 0.107. The van der Waals surface area contributed by atoms with E-state index in [4.69, 9.17) is 4.42 Å². The highest BCUT2D eigenvalue weighted by atomic mass is 16.3. The lowest BCUT2D eigenvalue weighted by atomic mass is 10.2. The van der Waals surface area contributed by atoms with E-state index in [0.717, 1.165) is 10.9 Å². The molecule has 1 N–H and O–H groups in total. The number of aromatic hydroxyl groups is 1. The second kappa shape index (κ2) is 3.96. The second-order valence-electron chi connectivity index (χ2n) is 3.83. The minimum Gasteiger partial charge on any atom is -0.508 e. The fraction of sp³-hybridized carbons (Fsp3) is 0. The number of phenols is 1. The molecular formula is C13H8N2O3. The van der Waals surface area contributed by atoms with Crippen LogP contribution in [-0.4, -0.2) is 10.1 Å². The van der Waals surface area contributed by atoms with E-state index in [-0.39, 0.29) is 11.6 Å². The number of hydrogen-bond acceptors (Lipinski definition) is 5. The van der Waals surface area contributed by atoms with Crippen LogP contribution in [0.4, 0.5) is 5.82 Å². The second-order valence-corrected chi connectivity index (χ2v) is 3.83. The van der Waals surface area contributed by atoms with Crippen LogP contribution in [0.25, 0.3) is 22.3 Å². The van der Waals surface area contributed by atoms with Gasteiger partial charge in [0.25, 0.3) is 0 Å². The maximum absolute atomic E-state index is 10.4. The molecule has 0 unspecified atom stereocenters. The lowest BCUT2D eigenvalue weighted by Gasteiger charge is -1.95. The molecule has 2 aromatic heterocycles. The van der Waals surface area contributed by atoms with Gasteiger partial charge in [-0.25, -0.2) is 4.98 Å². The summed E-state index contributed by atoms with van der Waals surface area (Å²) in [7, 11) is 0. The van der Waals surface area contributed by atoms with E-state index < -0.39 is 0 Å². The lowest BCUT2D eigenvalue weighted by molar-refractivity contribution is 0.476. The normalized spacial score (nSPS) is 10.7. The zero-order valence-corrected chi connectivity index (χ0v) is 9.20. The van der Waals surface area contributed by atoms with Gasteiger partial charge in [-0.05, 0) is 41.6 Å². The number of hydrogen-bond donors (Lipinski definition) is 1. The topological polar surface area (TPSA) is 75.7 Å². The van der Waals surface area contributed by atoms with Crippen molar-refractivity contribution in [1.82, 2.24) is 4.98 Å². The third-order valence-corrected chi connectivity index (χ3v) is 2.62. The Morgan fingerprint density at radius 1 is 1.17 bits per heavy atom. The number of furan rings is 1. The molecule has 0 radical (unpaired) electrons. The van der Waals surface area contributed by atoms with Gasteiger partial charge in [-0.15, -0.1) is 4.91 Å². The summed E-state index contributed by atoms with van der Waals surface area (Å²) in [6, 6.07) is 9.92. The molecular weight excluding hydrogens is 232 g/mol. The Bertz CT molecular complexity index is 734. The van der Waals surface area contributed by atoms with Crippen molar-refractivity contribution < 1.29 is 9.52 Å². The van der Waals surface area contributed by atoms with Gasteiger partial charge in [0.1, 0.15) is 17.1 Å². The molecule has 3 rings (SSSR count). The highest BCUT2D eigenvalue weighted by molar-refractivity contribution is 5.84. The third kappa shape index (κ3) is 1.71. The smallest absolute Gasteiger partial charge is 0.197 e. The summed E-state index contributed by atoms with van der Waals surface area (Å²) in [5.41, 5.74) is 1.38. The predicted molar refractivity (Wildman–Crippen MR) is 66.6 cm³/mol. The first kappa shape index (κ1) is 10.5. The molecule has 0 saturated heterocycles. The Hall–Kier alpha value is -2.69. The maximum Gasteiger partial charge on any atom is 0.197 e. The van der Waals surface area contributed by atoms with Crippen LogP contribution in [0.5, 0.6) is 5.75 Å². The molecule has 0 aliphatic carbocycles. The van der Waals surface area contributed by atoms with Crippen LogP contribution in [0.1, 0.15) is 0 Å². The fourth-order valence-electron chi connectivity index (χ4n) is 1.79. The van der Waals surface area contributed by atoms with Crippen molar-refractivity contribution in [1.29, 1.82) is 0 Å². The molecule has 5 nitrogen and oxygen atoms in total. The van der Waals surface area contributed by atoms with E-state index in [9.17, 15) is 10.0 Å². The Balaban J connectivity index is 2.15. The first-order valence-electron chi connectivity index (χ1n) is 5.28. The standard InChI is InChI=1S/C13H8N2O3/c16-10-1-2-11-9(5-10)6-12(18-11)8-3-4-14-13(7-8)15-17/h1-7,16H. The van der Waals surface area contributed by atoms with Crippen LogP contribution >= 0.6 is 0 Å². The number of rotatable bonds is 2. The molecule has 3 aromatic rings. The van der Waals surface area contributed by atoms with Gasteiger partial charge in [-0.3, -0.25) is 0 Å². The van der Waals surface area contributed by atoms with Gasteiger partial charge >= 0.3 is 0 Å². The molecule has 1 aromatic carbocycles. The third-order valence-electron chi connectivity index (χ3n) is 2.62. The Labute approximate surface area is 102 Å². The van der Waals surface area contributed by atoms with E-state index in [0.29, 0.717) is 11.3 Å². The summed E-state index contributed by atoms with van der Waals surface area (Å²) < 4.78 is 5.63. The molecule has 88 valence electrons. The van der Waals surface area contributed by atoms with Gasteiger partial charge in [0, 0.05) is 17.1 Å². The van der Waals surface area contributed by atoms with E-state index in [2.05, 4.69) is 10.2 Å². The fourth-order valence-corrected chi connectivity index (χ4v) is 1.79. The van der Waals surface area contributed by atoms with Crippen LogP contribution < -0.4 is 0 Å². The van der Waals surface area contributed by atoms with Gasteiger partial charge in [-0.1, -0.05) is 0 Å². The molecule has 2 heterocycles. The van der Waals surface area contributed by atoms with Crippen molar-refractivity contribution in [3.05, 3.63) is 47.5 Å². The highest BCUT2D eigenvalue weighted by Gasteiger charge is 2.08. The summed E-state index contributed by atoms with van der Waals surface area (Å²) in [5.74, 6) is 0.888. The van der Waals surface area contributed by atoms with Gasteiger partial charge in [0.05, 0.1) is 0 Å². The SMILES string of the molecule is O=Nc1cc(-c2cc3cc(O)ccc3o2)ccn1. The predicted octanol–water partition coefficient (Wildman–Crippen LogP) is 3.60. The van der Waals surface area contributed by atoms with Gasteiger partial charge in [-0.2, -0.15) is 0 Å². The Kier molecular flexibility index (Phi) is 2.30. The molecule has 0 bridgehead atoms. The zero-order chi connectivity index (χ0) is 12.5. The molecule has 0 saturated carbocycles. The van der Waals surface area contributed by atoms with E-state index >= 15 is 0 Å². The van der Waals surface area contributed by atoms with Crippen molar-refractivity contribution >= 4 is 16.8 Å². The number of pyridine rings is 1. The van der Waals surface area contributed by atoms with Gasteiger partial charge in [0.15, 0.2) is 5.82 Å². The minimum atomic E-state index is 0.107. The van der Waals surface area contributed by atoms with Gasteiger partial charge in [0.2, 0.25) is 0 Å². The number of phenolic OH excluding ortho intramolecular Hbond substituents is 1. The largest absolute Gasteiger partial charge is 0.508 e. The van der Waals surface area contributed by atoms with Crippen molar-refractivity contribution in [3.63, 3.8) is 0 Å². The quantitative estimate of drug-likeness (QED) is 0.694. The van der Waals surface area contributed by atoms with Crippen LogP contribution in [0, 0.1) is 4.91 Å². The molecule has 0 amide bonds. The van der Waals surface area contributed by atoms with Crippen molar-refractivity contribution in [3.8, 4) is 17.1 Å². The summed E-state index contributed by atoms with van der Waals surface area (Å²) >= 11 is 0. The summed E-state index contributed by atoms with van der Waals surface area (Å²) in [6.45, 7) is 0. The molecule has 0 aliphatic rings. The molecule has 5 heteroatoms. The van der Waals surface area contributed by atoms with Crippen molar-refractivity contribution in [2.75, 3.05) is 0 Å². The molecule has 0 aliphatic heterocycles. The summed E-state index contributed by atoms with van der Waals surface area (Å²) in [5, 5.41) is 13.0. The summed E-state index contributed by atoms with van der Waals surface area (Å²) in [4.78, 5) is 14.2. The van der Waals surface area contributed by atoms with Crippen LogP contribution in [0.15, 0.2) is 52.2 Å². The molecule has 0 fully saturated rings. The first-order valence-corrected chi connectivity index (χ1v) is 5.28. The van der Waals surface area contributed by atoms with E-state index in [1.807, 2.05) is 0 Å².